The normalized spacial score (nSPS) is 15.4. The molecule has 1 aliphatic heterocycles. The fraction of sp³-hybridized carbons (Fsp3) is 0.440. The van der Waals surface area contributed by atoms with Crippen molar-refractivity contribution < 1.29 is 4.74 Å². The number of aromatic nitrogens is 6. The summed E-state index contributed by atoms with van der Waals surface area (Å²) < 4.78 is 7.26. The van der Waals surface area contributed by atoms with Gasteiger partial charge in [-0.05, 0) is 71.0 Å². The van der Waals surface area contributed by atoms with Gasteiger partial charge in [-0.1, -0.05) is 0 Å². The van der Waals surface area contributed by atoms with E-state index >= 15 is 0 Å². The van der Waals surface area contributed by atoms with Gasteiger partial charge in [0.15, 0.2) is 0 Å². The van der Waals surface area contributed by atoms with Crippen LogP contribution >= 0.6 is 0 Å². The van der Waals surface area contributed by atoms with Crippen LogP contribution < -0.4 is 4.74 Å². The van der Waals surface area contributed by atoms with E-state index in [9.17, 15) is 0 Å². The topological polar surface area (TPSA) is 84.8 Å². The van der Waals surface area contributed by atoms with Gasteiger partial charge in [0.2, 0.25) is 0 Å². The van der Waals surface area contributed by atoms with Crippen molar-refractivity contribution in [2.45, 2.75) is 46.1 Å². The van der Waals surface area contributed by atoms with E-state index in [0.717, 1.165) is 83.3 Å². The second-order valence-electron chi connectivity index (χ2n) is 9.04. The van der Waals surface area contributed by atoms with Crippen LogP contribution in [0, 0.1) is 20.8 Å². The molecule has 1 N–H and O–H groups in total. The molecule has 33 heavy (non-hydrogen) atoms. The lowest BCUT2D eigenvalue weighted by atomic mass is 9.93. The fourth-order valence-electron chi connectivity index (χ4n) is 4.94. The summed E-state index contributed by atoms with van der Waals surface area (Å²) in [7, 11) is 3.66. The Morgan fingerprint density at radius 2 is 1.85 bits per heavy atom. The molecule has 4 heterocycles. The van der Waals surface area contributed by atoms with Crippen molar-refractivity contribution in [2.24, 2.45) is 7.05 Å². The zero-order valence-corrected chi connectivity index (χ0v) is 20.0. The van der Waals surface area contributed by atoms with Crippen molar-refractivity contribution in [3.8, 4) is 17.0 Å². The number of likely N-dealkylation sites (tertiary alicyclic amines) is 1. The van der Waals surface area contributed by atoms with Gasteiger partial charge in [0, 0.05) is 41.0 Å². The maximum Gasteiger partial charge on any atom is 0.143 e. The van der Waals surface area contributed by atoms with E-state index in [1.54, 1.807) is 7.11 Å². The molecule has 0 bridgehead atoms. The van der Waals surface area contributed by atoms with Crippen LogP contribution in [0.2, 0.25) is 0 Å². The fourth-order valence-corrected chi connectivity index (χ4v) is 4.94. The number of H-pyrrole nitrogens is 1. The van der Waals surface area contributed by atoms with Crippen molar-refractivity contribution >= 4 is 10.9 Å². The second kappa shape index (κ2) is 8.59. The lowest BCUT2D eigenvalue weighted by molar-refractivity contribution is 0.199. The van der Waals surface area contributed by atoms with Crippen molar-refractivity contribution in [3.63, 3.8) is 0 Å². The van der Waals surface area contributed by atoms with Crippen molar-refractivity contribution in [1.29, 1.82) is 0 Å². The lowest BCUT2D eigenvalue weighted by Crippen LogP contribution is -2.33. The van der Waals surface area contributed by atoms with Gasteiger partial charge >= 0.3 is 0 Å². The number of nitrogens with zero attached hydrogens (tertiary/aromatic N) is 6. The van der Waals surface area contributed by atoms with Gasteiger partial charge in [-0.25, -0.2) is 9.97 Å². The quantitative estimate of drug-likeness (QED) is 0.499. The molecule has 8 heteroatoms. The van der Waals surface area contributed by atoms with Gasteiger partial charge in [0.05, 0.1) is 30.6 Å². The zero-order valence-electron chi connectivity index (χ0n) is 20.0. The molecular formula is C25H31N7O. The zero-order chi connectivity index (χ0) is 23.1. The van der Waals surface area contributed by atoms with E-state index < -0.39 is 0 Å². The van der Waals surface area contributed by atoms with E-state index in [-0.39, 0.29) is 0 Å². The van der Waals surface area contributed by atoms with Gasteiger partial charge in [-0.15, -0.1) is 0 Å². The number of nitrogens with one attached hydrogen (secondary N) is 1. The number of piperidine rings is 1. The average molecular weight is 446 g/mol. The SMILES string of the molecule is COc1ccc2nc(CN3CCC(c4cc(-c5c(C)nn(C)c5C)n[nH]4)CC3)nc(C)c2c1. The van der Waals surface area contributed by atoms with E-state index in [1.165, 1.54) is 5.69 Å². The number of rotatable bonds is 5. The molecule has 8 nitrogen and oxygen atoms in total. The van der Waals surface area contributed by atoms with Crippen molar-refractivity contribution in [1.82, 2.24) is 34.8 Å². The third kappa shape index (κ3) is 4.11. The maximum absolute atomic E-state index is 5.34. The van der Waals surface area contributed by atoms with Gasteiger partial charge in [-0.3, -0.25) is 14.7 Å². The van der Waals surface area contributed by atoms with Crippen LogP contribution in [0.3, 0.4) is 0 Å². The number of aryl methyl sites for hydroxylation is 3. The van der Waals surface area contributed by atoms with Crippen LogP contribution in [-0.4, -0.2) is 55.0 Å². The third-order valence-electron chi connectivity index (χ3n) is 6.90. The molecule has 0 amide bonds. The minimum atomic E-state index is 0.492. The van der Waals surface area contributed by atoms with E-state index in [1.807, 2.05) is 43.8 Å². The molecule has 1 aliphatic rings. The first kappa shape index (κ1) is 21.6. The Bertz CT molecular complexity index is 1300. The number of benzene rings is 1. The van der Waals surface area contributed by atoms with Crippen molar-refractivity contribution in [2.75, 3.05) is 20.2 Å². The Labute approximate surface area is 194 Å². The van der Waals surface area contributed by atoms with Crippen LogP contribution in [0.25, 0.3) is 22.2 Å². The van der Waals surface area contributed by atoms with E-state index in [2.05, 4.69) is 33.2 Å². The Morgan fingerprint density at radius 3 is 2.55 bits per heavy atom. The van der Waals surface area contributed by atoms with Gasteiger partial charge in [0.1, 0.15) is 11.6 Å². The summed E-state index contributed by atoms with van der Waals surface area (Å²) in [6, 6.07) is 8.19. The molecular weight excluding hydrogens is 414 g/mol. The number of methoxy groups -OCH3 is 1. The standard InChI is InChI=1S/C25H31N7O/c1-15-20-12-19(33-5)6-7-21(20)27-24(26-15)14-32-10-8-18(9-11-32)22-13-23(29-28-22)25-16(2)30-31(4)17(25)3/h6-7,12-13,18H,8-11,14H2,1-5H3,(H,28,29). The molecule has 1 saturated heterocycles. The van der Waals surface area contributed by atoms with Crippen LogP contribution in [0.4, 0.5) is 0 Å². The molecule has 0 radical (unpaired) electrons. The number of aromatic amines is 1. The van der Waals surface area contributed by atoms with Gasteiger partial charge in [-0.2, -0.15) is 10.2 Å². The summed E-state index contributed by atoms with van der Waals surface area (Å²) >= 11 is 0. The molecule has 5 rings (SSSR count). The monoisotopic (exact) mass is 445 g/mol. The molecule has 0 spiro atoms. The average Bonchev–Trinajstić information content (AvgIpc) is 3.38. The summed E-state index contributed by atoms with van der Waals surface area (Å²) in [4.78, 5) is 12.0. The van der Waals surface area contributed by atoms with E-state index in [4.69, 9.17) is 14.7 Å². The summed E-state index contributed by atoms with van der Waals surface area (Å²) in [5.74, 6) is 2.21. The van der Waals surface area contributed by atoms with Crippen LogP contribution in [0.5, 0.6) is 5.75 Å². The van der Waals surface area contributed by atoms with Crippen LogP contribution in [0.15, 0.2) is 24.3 Å². The maximum atomic E-state index is 5.34. The molecule has 0 saturated carbocycles. The molecule has 4 aromatic rings. The Morgan fingerprint density at radius 1 is 1.06 bits per heavy atom. The lowest BCUT2D eigenvalue weighted by Gasteiger charge is -2.30. The molecule has 0 unspecified atom stereocenters. The smallest absolute Gasteiger partial charge is 0.143 e. The van der Waals surface area contributed by atoms with E-state index in [0.29, 0.717) is 5.92 Å². The highest BCUT2D eigenvalue weighted by Gasteiger charge is 2.24. The highest BCUT2D eigenvalue weighted by Crippen LogP contribution is 2.32. The summed E-state index contributed by atoms with van der Waals surface area (Å²) in [5, 5.41) is 13.5. The van der Waals surface area contributed by atoms with Crippen LogP contribution in [-0.2, 0) is 13.6 Å². The molecule has 1 aromatic carbocycles. The van der Waals surface area contributed by atoms with Gasteiger partial charge < -0.3 is 4.74 Å². The molecule has 0 atom stereocenters. The predicted molar refractivity (Wildman–Crippen MR) is 128 cm³/mol. The Hall–Kier alpha value is -3.26. The van der Waals surface area contributed by atoms with Crippen LogP contribution in [0.1, 0.15) is 47.4 Å². The number of ether oxygens (including phenoxy) is 1. The molecule has 1 fully saturated rings. The first-order valence-corrected chi connectivity index (χ1v) is 11.5. The summed E-state index contributed by atoms with van der Waals surface area (Å²) in [6.07, 6.45) is 2.19. The highest BCUT2D eigenvalue weighted by molar-refractivity contribution is 5.82. The molecule has 0 aliphatic carbocycles. The first-order valence-electron chi connectivity index (χ1n) is 11.5. The predicted octanol–water partition coefficient (Wildman–Crippen LogP) is 4.07. The molecule has 3 aromatic heterocycles. The third-order valence-corrected chi connectivity index (χ3v) is 6.90. The number of hydrogen-bond donors (Lipinski definition) is 1. The Kier molecular flexibility index (Phi) is 5.62. The number of fused-ring (bicyclic) bond motifs is 1. The summed E-state index contributed by atoms with van der Waals surface area (Å²) in [5.41, 5.74) is 7.48. The first-order chi connectivity index (χ1) is 15.9. The van der Waals surface area contributed by atoms with Gasteiger partial charge in [0.25, 0.3) is 0 Å². The second-order valence-corrected chi connectivity index (χ2v) is 9.04. The minimum absolute atomic E-state index is 0.492. The summed E-state index contributed by atoms with van der Waals surface area (Å²) in [6.45, 7) is 9.00. The number of hydrogen-bond acceptors (Lipinski definition) is 6. The Balaban J connectivity index is 1.25. The largest absolute Gasteiger partial charge is 0.497 e. The molecule has 172 valence electrons. The van der Waals surface area contributed by atoms with Crippen molar-refractivity contribution in [3.05, 3.63) is 52.9 Å². The minimum Gasteiger partial charge on any atom is -0.497 e. The highest BCUT2D eigenvalue weighted by atomic mass is 16.5.